The molecule has 0 aromatic carbocycles. The van der Waals surface area contributed by atoms with E-state index in [-0.39, 0.29) is 11.7 Å². The van der Waals surface area contributed by atoms with Crippen LogP contribution in [0.4, 0.5) is 0 Å². The van der Waals surface area contributed by atoms with Gasteiger partial charge in [-0.3, -0.25) is 14.5 Å². The Morgan fingerprint density at radius 1 is 1.14 bits per heavy atom. The van der Waals surface area contributed by atoms with Gasteiger partial charge in [-0.25, -0.2) is 0 Å². The quantitative estimate of drug-likeness (QED) is 0.670. The molecule has 6 heteroatoms. The molecule has 0 unspecified atom stereocenters. The van der Waals surface area contributed by atoms with Gasteiger partial charge in [0.15, 0.2) is 5.78 Å². The summed E-state index contributed by atoms with van der Waals surface area (Å²) < 4.78 is 2.33. The highest BCUT2D eigenvalue weighted by molar-refractivity contribution is 7.09. The van der Waals surface area contributed by atoms with E-state index in [1.165, 1.54) is 23.4 Å². The lowest BCUT2D eigenvalue weighted by Gasteiger charge is -2.34. The highest BCUT2D eigenvalue weighted by Gasteiger charge is 2.29. The molecule has 1 saturated heterocycles. The second kappa shape index (κ2) is 8.21. The first-order valence-electron chi connectivity index (χ1n) is 10.3. The monoisotopic (exact) mass is 399 g/mol. The predicted molar refractivity (Wildman–Crippen MR) is 112 cm³/mol. The minimum absolute atomic E-state index is 0.206. The van der Waals surface area contributed by atoms with Gasteiger partial charge in [-0.05, 0) is 50.6 Å². The van der Waals surface area contributed by atoms with Crippen LogP contribution in [0.25, 0.3) is 0 Å². The third kappa shape index (κ3) is 4.23. The SMILES string of the molecule is Cc1cc(C(=O)CN2CCN(C(=O)CCc3cccs3)CC2)c(C)n1C1CC1. The molecular formula is C22H29N3O2S. The fraction of sp³-hybridized carbons (Fsp3) is 0.545. The van der Waals surface area contributed by atoms with Crippen LogP contribution in [0.3, 0.4) is 0 Å². The van der Waals surface area contributed by atoms with Crippen molar-refractivity contribution >= 4 is 23.0 Å². The van der Waals surface area contributed by atoms with E-state index in [1.807, 2.05) is 11.0 Å². The van der Waals surface area contributed by atoms with Gasteiger partial charge >= 0.3 is 0 Å². The van der Waals surface area contributed by atoms with Gasteiger partial charge in [0.05, 0.1) is 6.54 Å². The number of aryl methyl sites for hydroxylation is 2. The average Bonchev–Trinajstić information content (AvgIpc) is 3.28. The molecule has 0 atom stereocenters. The number of aromatic nitrogens is 1. The Morgan fingerprint density at radius 3 is 2.54 bits per heavy atom. The summed E-state index contributed by atoms with van der Waals surface area (Å²) in [4.78, 5) is 30.7. The van der Waals surface area contributed by atoms with E-state index in [0.717, 1.165) is 43.9 Å². The van der Waals surface area contributed by atoms with Gasteiger partial charge in [0, 0.05) is 60.5 Å². The maximum atomic E-state index is 12.9. The summed E-state index contributed by atoms with van der Waals surface area (Å²) in [6.45, 7) is 7.61. The van der Waals surface area contributed by atoms with Gasteiger partial charge in [-0.15, -0.1) is 11.3 Å². The summed E-state index contributed by atoms with van der Waals surface area (Å²) in [5.74, 6) is 0.435. The lowest BCUT2D eigenvalue weighted by Crippen LogP contribution is -2.50. The van der Waals surface area contributed by atoms with E-state index in [4.69, 9.17) is 0 Å². The third-order valence-corrected chi connectivity index (χ3v) is 6.89. The van der Waals surface area contributed by atoms with Crippen molar-refractivity contribution in [2.24, 2.45) is 0 Å². The van der Waals surface area contributed by atoms with E-state index in [9.17, 15) is 9.59 Å². The van der Waals surface area contributed by atoms with Crippen molar-refractivity contribution in [2.75, 3.05) is 32.7 Å². The summed E-state index contributed by atoms with van der Waals surface area (Å²) >= 11 is 1.71. The Morgan fingerprint density at radius 2 is 1.89 bits per heavy atom. The molecule has 28 heavy (non-hydrogen) atoms. The minimum Gasteiger partial charge on any atom is -0.345 e. The Bertz CT molecular complexity index is 844. The van der Waals surface area contributed by atoms with Gasteiger partial charge in [0.25, 0.3) is 0 Å². The third-order valence-electron chi connectivity index (χ3n) is 5.95. The molecule has 1 saturated carbocycles. The molecule has 2 fully saturated rings. The van der Waals surface area contributed by atoms with Gasteiger partial charge in [-0.2, -0.15) is 0 Å². The second-order valence-corrected chi connectivity index (χ2v) is 9.08. The molecule has 1 aliphatic carbocycles. The molecule has 2 aromatic heterocycles. The predicted octanol–water partition coefficient (Wildman–Crippen LogP) is 3.46. The zero-order valence-electron chi connectivity index (χ0n) is 16.8. The van der Waals surface area contributed by atoms with Crippen LogP contribution in [0.1, 0.15) is 51.9 Å². The topological polar surface area (TPSA) is 45.6 Å². The summed E-state index contributed by atoms with van der Waals surface area (Å²) in [5.41, 5.74) is 3.19. The van der Waals surface area contributed by atoms with Crippen molar-refractivity contribution in [1.82, 2.24) is 14.4 Å². The Labute approximate surface area is 170 Å². The lowest BCUT2D eigenvalue weighted by atomic mass is 10.1. The molecule has 5 nitrogen and oxygen atoms in total. The van der Waals surface area contributed by atoms with E-state index in [2.05, 4.69) is 40.8 Å². The zero-order valence-corrected chi connectivity index (χ0v) is 17.6. The highest BCUT2D eigenvalue weighted by Crippen LogP contribution is 2.38. The van der Waals surface area contributed by atoms with Gasteiger partial charge < -0.3 is 9.47 Å². The smallest absolute Gasteiger partial charge is 0.223 e. The number of nitrogens with zero attached hydrogens (tertiary/aromatic N) is 3. The minimum atomic E-state index is 0.206. The Hall–Kier alpha value is -1.92. The Balaban J connectivity index is 1.27. The fourth-order valence-electron chi connectivity index (χ4n) is 4.24. The van der Waals surface area contributed by atoms with Crippen LogP contribution in [0.15, 0.2) is 23.6 Å². The van der Waals surface area contributed by atoms with Crippen molar-refractivity contribution in [2.45, 2.75) is 45.6 Å². The van der Waals surface area contributed by atoms with Crippen LogP contribution >= 0.6 is 11.3 Å². The molecular weight excluding hydrogens is 370 g/mol. The van der Waals surface area contributed by atoms with E-state index in [1.54, 1.807) is 11.3 Å². The molecule has 1 aliphatic heterocycles. The number of hydrogen-bond donors (Lipinski definition) is 0. The zero-order chi connectivity index (χ0) is 19.7. The summed E-state index contributed by atoms with van der Waals surface area (Å²) in [6.07, 6.45) is 3.86. The van der Waals surface area contributed by atoms with E-state index < -0.39 is 0 Å². The van der Waals surface area contributed by atoms with E-state index in [0.29, 0.717) is 19.0 Å². The van der Waals surface area contributed by atoms with Crippen LogP contribution in [0, 0.1) is 13.8 Å². The van der Waals surface area contributed by atoms with Crippen LogP contribution in [-0.4, -0.2) is 58.8 Å². The largest absolute Gasteiger partial charge is 0.345 e. The maximum Gasteiger partial charge on any atom is 0.223 e. The van der Waals surface area contributed by atoms with Crippen LogP contribution in [-0.2, 0) is 11.2 Å². The molecule has 4 rings (SSSR count). The first kappa shape index (κ1) is 19.4. The highest BCUT2D eigenvalue weighted by atomic mass is 32.1. The average molecular weight is 400 g/mol. The van der Waals surface area contributed by atoms with Crippen LogP contribution in [0.5, 0.6) is 0 Å². The number of rotatable bonds is 7. The molecule has 3 heterocycles. The molecule has 2 aliphatic rings. The molecule has 2 aromatic rings. The first-order chi connectivity index (χ1) is 13.5. The van der Waals surface area contributed by atoms with Crippen molar-refractivity contribution in [1.29, 1.82) is 0 Å². The molecule has 150 valence electrons. The molecule has 1 amide bonds. The fourth-order valence-corrected chi connectivity index (χ4v) is 4.95. The maximum absolute atomic E-state index is 12.9. The Kier molecular flexibility index (Phi) is 5.69. The summed E-state index contributed by atoms with van der Waals surface area (Å²) in [7, 11) is 0. The van der Waals surface area contributed by atoms with Crippen molar-refractivity contribution in [3.8, 4) is 0 Å². The number of thiophene rings is 1. The number of carbonyl (C=O) groups excluding carboxylic acids is 2. The van der Waals surface area contributed by atoms with Crippen molar-refractivity contribution in [3.05, 3.63) is 45.4 Å². The normalized spacial score (nSPS) is 17.9. The van der Waals surface area contributed by atoms with Crippen molar-refractivity contribution in [3.63, 3.8) is 0 Å². The van der Waals surface area contributed by atoms with Gasteiger partial charge in [0.2, 0.25) is 5.91 Å². The lowest BCUT2D eigenvalue weighted by molar-refractivity contribution is -0.132. The molecule has 0 spiro atoms. The summed E-state index contributed by atoms with van der Waals surface area (Å²) in [6, 6.07) is 6.77. The summed E-state index contributed by atoms with van der Waals surface area (Å²) in [5, 5.41) is 2.05. The number of carbonyl (C=O) groups is 2. The number of hydrogen-bond acceptors (Lipinski definition) is 4. The second-order valence-electron chi connectivity index (χ2n) is 8.05. The van der Waals surface area contributed by atoms with Gasteiger partial charge in [-0.1, -0.05) is 6.07 Å². The molecule has 0 radical (unpaired) electrons. The first-order valence-corrected chi connectivity index (χ1v) is 11.1. The standard InChI is InChI=1S/C22H29N3O2S/c1-16-14-20(17(2)25(16)18-5-6-18)21(26)15-23-9-11-24(12-10-23)22(27)8-7-19-4-3-13-28-19/h3-4,13-14,18H,5-12,15H2,1-2H3. The van der Waals surface area contributed by atoms with Crippen molar-refractivity contribution < 1.29 is 9.59 Å². The van der Waals surface area contributed by atoms with E-state index >= 15 is 0 Å². The number of amides is 1. The number of ketones is 1. The van der Waals surface area contributed by atoms with Crippen LogP contribution in [0.2, 0.25) is 0 Å². The van der Waals surface area contributed by atoms with Crippen LogP contribution < -0.4 is 0 Å². The molecule has 0 bridgehead atoms. The number of Topliss-reactive ketones (excluding diaryl/α,β-unsaturated/α-hetero) is 1. The number of piperazine rings is 1. The molecule has 0 N–H and O–H groups in total. The van der Waals surface area contributed by atoms with Gasteiger partial charge in [0.1, 0.15) is 0 Å².